The van der Waals surface area contributed by atoms with Crippen molar-refractivity contribution in [1.29, 1.82) is 0 Å². The average molecular weight is 375 g/mol. The largest absolute Gasteiger partial charge is 0.324 e. The molecule has 0 bridgehead atoms. The van der Waals surface area contributed by atoms with E-state index in [1.54, 1.807) is 19.1 Å². The SMILES string of the molecule is CCc1ccc(N(C(C)C(=O)Nc2cc(C)cc(C)c2)S(C)(=O)=O)cc1. The van der Waals surface area contributed by atoms with Crippen molar-refractivity contribution in [2.24, 2.45) is 0 Å². The summed E-state index contributed by atoms with van der Waals surface area (Å²) >= 11 is 0. The van der Waals surface area contributed by atoms with Crippen molar-refractivity contribution in [2.75, 3.05) is 15.9 Å². The number of amides is 1. The minimum atomic E-state index is -3.62. The summed E-state index contributed by atoms with van der Waals surface area (Å²) in [4.78, 5) is 12.7. The maximum atomic E-state index is 12.7. The van der Waals surface area contributed by atoms with E-state index in [2.05, 4.69) is 5.32 Å². The van der Waals surface area contributed by atoms with Gasteiger partial charge in [0.2, 0.25) is 15.9 Å². The summed E-state index contributed by atoms with van der Waals surface area (Å²) in [5.74, 6) is -0.375. The summed E-state index contributed by atoms with van der Waals surface area (Å²) in [6.07, 6.45) is 1.98. The molecule has 5 nitrogen and oxygen atoms in total. The molecule has 26 heavy (non-hydrogen) atoms. The smallest absolute Gasteiger partial charge is 0.247 e. The van der Waals surface area contributed by atoms with Gasteiger partial charge in [0, 0.05) is 5.69 Å². The number of anilines is 2. The van der Waals surface area contributed by atoms with Crippen molar-refractivity contribution in [2.45, 2.75) is 40.2 Å². The summed E-state index contributed by atoms with van der Waals surface area (Å²) in [6.45, 7) is 7.52. The van der Waals surface area contributed by atoms with E-state index in [1.165, 1.54) is 0 Å². The number of carbonyl (C=O) groups is 1. The highest BCUT2D eigenvalue weighted by atomic mass is 32.2. The Morgan fingerprint density at radius 2 is 1.62 bits per heavy atom. The molecule has 2 aromatic carbocycles. The summed E-state index contributed by atoms with van der Waals surface area (Å²) in [5.41, 5.74) is 4.31. The Balaban J connectivity index is 2.30. The predicted octanol–water partition coefficient (Wildman–Crippen LogP) is 3.66. The van der Waals surface area contributed by atoms with Crippen LogP contribution in [0.3, 0.4) is 0 Å². The second-order valence-electron chi connectivity index (χ2n) is 6.62. The Morgan fingerprint density at radius 1 is 1.08 bits per heavy atom. The second kappa shape index (κ2) is 7.91. The van der Waals surface area contributed by atoms with Gasteiger partial charge in [-0.15, -0.1) is 0 Å². The zero-order valence-corrected chi connectivity index (χ0v) is 16.7. The Hall–Kier alpha value is -2.34. The van der Waals surface area contributed by atoms with Gasteiger partial charge in [-0.1, -0.05) is 25.1 Å². The molecule has 0 radical (unpaired) electrons. The van der Waals surface area contributed by atoms with Crippen molar-refractivity contribution in [3.63, 3.8) is 0 Å². The highest BCUT2D eigenvalue weighted by Crippen LogP contribution is 2.23. The number of rotatable bonds is 6. The number of carbonyl (C=O) groups excluding carboxylic acids is 1. The van der Waals surface area contributed by atoms with Crippen LogP contribution in [0.2, 0.25) is 0 Å². The van der Waals surface area contributed by atoms with Crippen LogP contribution >= 0.6 is 0 Å². The van der Waals surface area contributed by atoms with Crippen LogP contribution in [-0.4, -0.2) is 26.6 Å². The molecule has 2 rings (SSSR count). The van der Waals surface area contributed by atoms with Gasteiger partial charge in [-0.25, -0.2) is 8.42 Å². The zero-order valence-electron chi connectivity index (χ0n) is 15.9. The number of nitrogens with zero attached hydrogens (tertiary/aromatic N) is 1. The summed E-state index contributed by atoms with van der Waals surface area (Å²) in [5, 5.41) is 2.82. The highest BCUT2D eigenvalue weighted by Gasteiger charge is 2.29. The minimum absolute atomic E-state index is 0.375. The van der Waals surface area contributed by atoms with Gasteiger partial charge >= 0.3 is 0 Å². The monoisotopic (exact) mass is 374 g/mol. The maximum absolute atomic E-state index is 12.7. The van der Waals surface area contributed by atoms with Crippen molar-refractivity contribution < 1.29 is 13.2 Å². The molecule has 1 amide bonds. The van der Waals surface area contributed by atoms with Crippen LogP contribution in [0.4, 0.5) is 11.4 Å². The van der Waals surface area contributed by atoms with Gasteiger partial charge in [0.15, 0.2) is 0 Å². The van der Waals surface area contributed by atoms with Crippen LogP contribution in [0.15, 0.2) is 42.5 Å². The predicted molar refractivity (Wildman–Crippen MR) is 107 cm³/mol. The molecule has 1 N–H and O–H groups in total. The van der Waals surface area contributed by atoms with Crippen LogP contribution in [0.25, 0.3) is 0 Å². The van der Waals surface area contributed by atoms with Crippen LogP contribution in [0.1, 0.15) is 30.5 Å². The number of benzene rings is 2. The number of aryl methyl sites for hydroxylation is 3. The summed E-state index contributed by atoms with van der Waals surface area (Å²) < 4.78 is 25.8. The number of hydrogen-bond donors (Lipinski definition) is 1. The first-order valence-corrected chi connectivity index (χ1v) is 10.4. The van der Waals surface area contributed by atoms with Gasteiger partial charge in [-0.05, 0) is 68.1 Å². The molecule has 2 aromatic rings. The van der Waals surface area contributed by atoms with Gasteiger partial charge in [-0.2, -0.15) is 0 Å². The molecule has 0 spiro atoms. The highest BCUT2D eigenvalue weighted by molar-refractivity contribution is 7.92. The van der Waals surface area contributed by atoms with Gasteiger partial charge in [-0.3, -0.25) is 9.10 Å². The molecule has 0 aromatic heterocycles. The Morgan fingerprint density at radius 3 is 2.08 bits per heavy atom. The summed E-state index contributed by atoms with van der Waals surface area (Å²) in [6, 6.07) is 12.1. The molecule has 0 heterocycles. The van der Waals surface area contributed by atoms with Crippen molar-refractivity contribution >= 4 is 27.3 Å². The second-order valence-corrected chi connectivity index (χ2v) is 8.48. The molecule has 0 aliphatic heterocycles. The van der Waals surface area contributed by atoms with E-state index in [0.717, 1.165) is 33.7 Å². The molecular weight excluding hydrogens is 348 g/mol. The van der Waals surface area contributed by atoms with Gasteiger partial charge in [0.25, 0.3) is 0 Å². The zero-order chi connectivity index (χ0) is 19.5. The maximum Gasteiger partial charge on any atom is 0.247 e. The lowest BCUT2D eigenvalue weighted by Crippen LogP contribution is -2.45. The first kappa shape index (κ1) is 20.0. The quantitative estimate of drug-likeness (QED) is 0.839. The molecular formula is C20H26N2O3S. The first-order chi connectivity index (χ1) is 12.1. The third kappa shape index (κ3) is 4.85. The van der Waals surface area contributed by atoms with E-state index < -0.39 is 16.1 Å². The van der Waals surface area contributed by atoms with Crippen molar-refractivity contribution in [3.8, 4) is 0 Å². The van der Waals surface area contributed by atoms with E-state index >= 15 is 0 Å². The average Bonchev–Trinajstić information content (AvgIpc) is 2.53. The number of hydrogen-bond acceptors (Lipinski definition) is 3. The Bertz CT molecular complexity index is 870. The normalized spacial score (nSPS) is 12.5. The Labute approximate surface area is 156 Å². The van der Waals surface area contributed by atoms with Crippen LogP contribution in [0.5, 0.6) is 0 Å². The molecule has 0 fully saturated rings. The Kier molecular flexibility index (Phi) is 6.08. The lowest BCUT2D eigenvalue weighted by molar-refractivity contribution is -0.116. The fraction of sp³-hybridized carbons (Fsp3) is 0.350. The van der Waals surface area contributed by atoms with Gasteiger partial charge in [0.1, 0.15) is 6.04 Å². The lowest BCUT2D eigenvalue weighted by Gasteiger charge is -2.28. The fourth-order valence-electron chi connectivity index (χ4n) is 2.98. The number of nitrogens with one attached hydrogen (secondary N) is 1. The third-order valence-corrected chi connectivity index (χ3v) is 5.42. The standard InChI is InChI=1S/C20H26N2O3S/c1-6-17-7-9-19(10-8-17)22(26(5,24)25)16(4)20(23)21-18-12-14(2)11-15(3)13-18/h7-13,16H,6H2,1-5H3,(H,21,23). The molecule has 0 aliphatic rings. The van der Waals surface area contributed by atoms with E-state index in [-0.39, 0.29) is 5.91 Å². The lowest BCUT2D eigenvalue weighted by atomic mass is 10.1. The molecule has 140 valence electrons. The topological polar surface area (TPSA) is 66.5 Å². The van der Waals surface area contributed by atoms with E-state index in [9.17, 15) is 13.2 Å². The van der Waals surface area contributed by atoms with Crippen LogP contribution < -0.4 is 9.62 Å². The molecule has 1 unspecified atom stereocenters. The first-order valence-electron chi connectivity index (χ1n) is 8.59. The van der Waals surface area contributed by atoms with E-state index in [1.807, 2.05) is 51.1 Å². The third-order valence-electron chi connectivity index (χ3n) is 4.18. The molecule has 6 heteroatoms. The van der Waals surface area contributed by atoms with Gasteiger partial charge < -0.3 is 5.32 Å². The van der Waals surface area contributed by atoms with Gasteiger partial charge in [0.05, 0.1) is 11.9 Å². The van der Waals surface area contributed by atoms with Crippen LogP contribution in [-0.2, 0) is 21.2 Å². The number of sulfonamides is 1. The van der Waals surface area contributed by atoms with Crippen molar-refractivity contribution in [1.82, 2.24) is 0 Å². The molecule has 0 aliphatic carbocycles. The van der Waals surface area contributed by atoms with E-state index in [0.29, 0.717) is 11.4 Å². The van der Waals surface area contributed by atoms with E-state index in [4.69, 9.17) is 0 Å². The van der Waals surface area contributed by atoms with Crippen molar-refractivity contribution in [3.05, 3.63) is 59.2 Å². The molecule has 0 saturated carbocycles. The van der Waals surface area contributed by atoms with Crippen LogP contribution in [0, 0.1) is 13.8 Å². The molecule has 1 atom stereocenters. The minimum Gasteiger partial charge on any atom is -0.324 e. The molecule has 0 saturated heterocycles. The fourth-order valence-corrected chi connectivity index (χ4v) is 4.16. The summed E-state index contributed by atoms with van der Waals surface area (Å²) in [7, 11) is -3.62.